The third-order valence-electron chi connectivity index (χ3n) is 2.96. The molecule has 0 aliphatic carbocycles. The van der Waals surface area contributed by atoms with Crippen LogP contribution < -0.4 is 0 Å². The lowest BCUT2D eigenvalue weighted by Crippen LogP contribution is -2.38. The van der Waals surface area contributed by atoms with Gasteiger partial charge in [-0.3, -0.25) is 9.78 Å². The summed E-state index contributed by atoms with van der Waals surface area (Å²) in [6, 6.07) is 3.87. The van der Waals surface area contributed by atoms with Crippen LogP contribution in [-0.2, 0) is 4.79 Å². The molecule has 1 atom stereocenters. The molecular formula is C13H18N2O2S. The van der Waals surface area contributed by atoms with Crippen molar-refractivity contribution in [1.29, 1.82) is 0 Å². The van der Waals surface area contributed by atoms with Crippen molar-refractivity contribution in [2.45, 2.75) is 19.2 Å². The number of aliphatic hydroxyl groups excluding tert-OH is 1. The largest absolute Gasteiger partial charge is 0.396 e. The molecule has 1 aliphatic rings. The van der Waals surface area contributed by atoms with E-state index in [0.29, 0.717) is 12.3 Å². The van der Waals surface area contributed by atoms with E-state index in [9.17, 15) is 9.90 Å². The van der Waals surface area contributed by atoms with Crippen molar-refractivity contribution in [2.75, 3.05) is 18.9 Å². The van der Waals surface area contributed by atoms with Crippen molar-refractivity contribution in [3.63, 3.8) is 0 Å². The number of aliphatic hydroxyl groups is 1. The monoisotopic (exact) mass is 266 g/mol. The fourth-order valence-electron chi connectivity index (χ4n) is 1.93. The highest BCUT2D eigenvalue weighted by atomic mass is 32.2. The van der Waals surface area contributed by atoms with Gasteiger partial charge in [0.05, 0.1) is 5.75 Å². The Morgan fingerprint density at radius 1 is 1.61 bits per heavy atom. The van der Waals surface area contributed by atoms with Crippen LogP contribution >= 0.6 is 11.8 Å². The molecule has 0 saturated carbocycles. The summed E-state index contributed by atoms with van der Waals surface area (Å²) < 4.78 is 0. The van der Waals surface area contributed by atoms with Gasteiger partial charge in [-0.1, -0.05) is 19.9 Å². The van der Waals surface area contributed by atoms with Gasteiger partial charge in [0.1, 0.15) is 5.37 Å². The average Bonchev–Trinajstić information content (AvgIpc) is 2.72. The molecule has 4 nitrogen and oxygen atoms in total. The zero-order chi connectivity index (χ0) is 13.2. The summed E-state index contributed by atoms with van der Waals surface area (Å²) in [4.78, 5) is 17.9. The molecule has 2 heterocycles. The van der Waals surface area contributed by atoms with Crippen molar-refractivity contribution in [3.05, 3.63) is 30.1 Å². The van der Waals surface area contributed by atoms with Gasteiger partial charge in [0, 0.05) is 36.5 Å². The van der Waals surface area contributed by atoms with E-state index in [-0.39, 0.29) is 23.3 Å². The van der Waals surface area contributed by atoms with E-state index in [0.717, 1.165) is 5.56 Å². The summed E-state index contributed by atoms with van der Waals surface area (Å²) in [6.45, 7) is 4.56. The smallest absolute Gasteiger partial charge is 0.233 e. The molecule has 1 aliphatic heterocycles. The Morgan fingerprint density at radius 2 is 2.39 bits per heavy atom. The van der Waals surface area contributed by atoms with Gasteiger partial charge in [0.25, 0.3) is 0 Å². The van der Waals surface area contributed by atoms with E-state index in [2.05, 4.69) is 4.98 Å². The maximum atomic E-state index is 12.0. The highest BCUT2D eigenvalue weighted by molar-refractivity contribution is 8.00. The second kappa shape index (κ2) is 5.28. The van der Waals surface area contributed by atoms with Gasteiger partial charge in [-0.05, 0) is 6.07 Å². The molecule has 1 aromatic rings. The molecule has 5 heteroatoms. The maximum Gasteiger partial charge on any atom is 0.233 e. The normalized spacial score (nSPS) is 20.5. The Morgan fingerprint density at radius 3 is 3.00 bits per heavy atom. The molecule has 0 bridgehead atoms. The van der Waals surface area contributed by atoms with Crippen LogP contribution in [0.15, 0.2) is 24.5 Å². The lowest BCUT2D eigenvalue weighted by Gasteiger charge is -2.32. The quantitative estimate of drug-likeness (QED) is 0.901. The van der Waals surface area contributed by atoms with Crippen LogP contribution in [0.25, 0.3) is 0 Å². The van der Waals surface area contributed by atoms with Gasteiger partial charge >= 0.3 is 0 Å². The topological polar surface area (TPSA) is 53.4 Å². The second-order valence-electron chi connectivity index (χ2n) is 5.29. The third-order valence-corrected chi connectivity index (χ3v) is 4.22. The van der Waals surface area contributed by atoms with Crippen molar-refractivity contribution >= 4 is 17.7 Å². The first-order valence-electron chi connectivity index (χ1n) is 5.95. The maximum absolute atomic E-state index is 12.0. The molecular weight excluding hydrogens is 248 g/mol. The molecule has 1 saturated heterocycles. The summed E-state index contributed by atoms with van der Waals surface area (Å²) in [5.74, 6) is 0.636. The number of hydrogen-bond acceptors (Lipinski definition) is 4. The number of carbonyl (C=O) groups is 1. The van der Waals surface area contributed by atoms with Crippen molar-refractivity contribution in [2.24, 2.45) is 5.41 Å². The van der Waals surface area contributed by atoms with Crippen molar-refractivity contribution in [1.82, 2.24) is 9.88 Å². The molecule has 98 valence electrons. The number of rotatable bonds is 4. The van der Waals surface area contributed by atoms with Crippen molar-refractivity contribution < 1.29 is 9.90 Å². The van der Waals surface area contributed by atoms with Crippen LogP contribution in [0.1, 0.15) is 24.8 Å². The van der Waals surface area contributed by atoms with E-state index in [4.69, 9.17) is 0 Å². The Hall–Kier alpha value is -1.07. The Kier molecular flexibility index (Phi) is 3.92. The predicted molar refractivity (Wildman–Crippen MR) is 72.0 cm³/mol. The molecule has 1 fully saturated rings. The van der Waals surface area contributed by atoms with E-state index in [1.54, 1.807) is 24.2 Å². The number of carbonyl (C=O) groups excluding carboxylic acids is 1. The van der Waals surface area contributed by atoms with Crippen LogP contribution in [-0.4, -0.2) is 39.8 Å². The number of aromatic nitrogens is 1. The van der Waals surface area contributed by atoms with Crippen LogP contribution in [0.5, 0.6) is 0 Å². The SMILES string of the molecule is CC(C)(CO)CN1C(=O)CSC1c1cccnc1. The Bertz CT molecular complexity index is 422. The minimum absolute atomic E-state index is 0.0250. The molecule has 1 unspecified atom stereocenters. The molecule has 2 rings (SSSR count). The van der Waals surface area contributed by atoms with Crippen LogP contribution in [0.3, 0.4) is 0 Å². The fraction of sp³-hybridized carbons (Fsp3) is 0.538. The lowest BCUT2D eigenvalue weighted by molar-refractivity contribution is -0.129. The van der Waals surface area contributed by atoms with Gasteiger partial charge in [0.2, 0.25) is 5.91 Å². The molecule has 0 spiro atoms. The van der Waals surface area contributed by atoms with E-state index < -0.39 is 0 Å². The number of hydrogen-bond donors (Lipinski definition) is 1. The molecule has 18 heavy (non-hydrogen) atoms. The Balaban J connectivity index is 2.18. The Labute approximate surface area is 111 Å². The highest BCUT2D eigenvalue weighted by Crippen LogP contribution is 2.39. The molecule has 1 aromatic heterocycles. The summed E-state index contributed by atoms with van der Waals surface area (Å²) in [5.41, 5.74) is 0.767. The van der Waals surface area contributed by atoms with Gasteiger partial charge in [-0.15, -0.1) is 11.8 Å². The molecule has 1 N–H and O–H groups in total. The van der Waals surface area contributed by atoms with Gasteiger partial charge in [-0.2, -0.15) is 0 Å². The predicted octanol–water partition coefficient (Wildman–Crippen LogP) is 1.67. The summed E-state index contributed by atoms with van der Waals surface area (Å²) in [5, 5.41) is 9.37. The fourth-order valence-corrected chi connectivity index (χ4v) is 3.10. The zero-order valence-corrected chi connectivity index (χ0v) is 11.5. The summed E-state index contributed by atoms with van der Waals surface area (Å²) >= 11 is 1.62. The van der Waals surface area contributed by atoms with Crippen LogP contribution in [0.4, 0.5) is 0 Å². The van der Waals surface area contributed by atoms with E-state index >= 15 is 0 Å². The van der Waals surface area contributed by atoms with Crippen LogP contribution in [0, 0.1) is 5.41 Å². The first-order chi connectivity index (χ1) is 8.53. The molecule has 0 aromatic carbocycles. The van der Waals surface area contributed by atoms with Crippen LogP contribution in [0.2, 0.25) is 0 Å². The number of nitrogens with zero attached hydrogens (tertiary/aromatic N) is 2. The van der Waals surface area contributed by atoms with Crippen molar-refractivity contribution in [3.8, 4) is 0 Å². The standard InChI is InChI=1S/C13H18N2O2S/c1-13(2,9-16)8-15-11(17)7-18-12(15)10-4-3-5-14-6-10/h3-6,12,16H,7-9H2,1-2H3. The number of pyridine rings is 1. The second-order valence-corrected chi connectivity index (χ2v) is 6.36. The molecule has 1 amide bonds. The molecule has 0 radical (unpaired) electrons. The minimum Gasteiger partial charge on any atom is -0.396 e. The average molecular weight is 266 g/mol. The number of amides is 1. The van der Waals surface area contributed by atoms with Gasteiger partial charge in [0.15, 0.2) is 0 Å². The third kappa shape index (κ3) is 2.84. The van der Waals surface area contributed by atoms with Gasteiger partial charge in [-0.25, -0.2) is 0 Å². The summed E-state index contributed by atoms with van der Waals surface area (Å²) in [7, 11) is 0. The zero-order valence-electron chi connectivity index (χ0n) is 10.7. The lowest BCUT2D eigenvalue weighted by atomic mass is 9.94. The first kappa shape index (κ1) is 13.4. The highest BCUT2D eigenvalue weighted by Gasteiger charge is 2.36. The van der Waals surface area contributed by atoms with E-state index in [1.165, 1.54) is 0 Å². The van der Waals surface area contributed by atoms with E-state index in [1.807, 2.05) is 30.9 Å². The van der Waals surface area contributed by atoms with Gasteiger partial charge < -0.3 is 10.0 Å². The first-order valence-corrected chi connectivity index (χ1v) is 7.00. The summed E-state index contributed by atoms with van der Waals surface area (Å²) in [6.07, 6.45) is 3.53. The minimum atomic E-state index is -0.277. The number of thioether (sulfide) groups is 1.